The van der Waals surface area contributed by atoms with Gasteiger partial charge in [0.15, 0.2) is 0 Å². The van der Waals surface area contributed by atoms with E-state index in [1.165, 1.54) is 0 Å². The molecule has 0 rings (SSSR count). The van der Waals surface area contributed by atoms with Crippen LogP contribution in [0.25, 0.3) is 0 Å². The summed E-state index contributed by atoms with van der Waals surface area (Å²) >= 11 is 6.73. The lowest BCUT2D eigenvalue weighted by Gasteiger charge is -2.00. The Labute approximate surface area is 66.7 Å². The summed E-state index contributed by atoms with van der Waals surface area (Å²) < 4.78 is 0.972. The molecule has 0 spiro atoms. The number of hydrogen-bond acceptors (Lipinski definition) is 2. The lowest BCUT2D eigenvalue weighted by atomic mass is 10.3. The molecule has 0 aromatic heterocycles. The third kappa shape index (κ3) is 3.71. The van der Waals surface area contributed by atoms with Crippen molar-refractivity contribution in [1.82, 2.24) is 0 Å². The van der Waals surface area contributed by atoms with Crippen LogP contribution in [-0.4, -0.2) is 9.95 Å². The standard InChI is InChI=1S/C7H12S2/c1-4-6(3)7(8)9-5-2/h3-5H2,1-2H3. The van der Waals surface area contributed by atoms with Crippen LogP contribution in [0.1, 0.15) is 20.3 Å². The molecule has 0 saturated carbocycles. The summed E-state index contributed by atoms with van der Waals surface area (Å²) in [6.45, 7) is 8.00. The van der Waals surface area contributed by atoms with E-state index in [4.69, 9.17) is 12.2 Å². The highest BCUT2D eigenvalue weighted by Crippen LogP contribution is 2.12. The van der Waals surface area contributed by atoms with Gasteiger partial charge in [-0.15, -0.1) is 11.8 Å². The van der Waals surface area contributed by atoms with Crippen LogP contribution < -0.4 is 0 Å². The molecule has 0 aromatic carbocycles. The molecule has 0 N–H and O–H groups in total. The predicted octanol–water partition coefficient (Wildman–Crippen LogP) is 3.03. The Morgan fingerprint density at radius 3 is 2.44 bits per heavy atom. The third-order valence-electron chi connectivity index (χ3n) is 0.991. The molecule has 0 heterocycles. The maximum absolute atomic E-state index is 5.04. The molecule has 9 heavy (non-hydrogen) atoms. The molecule has 52 valence electrons. The van der Waals surface area contributed by atoms with E-state index in [0.717, 1.165) is 21.9 Å². The van der Waals surface area contributed by atoms with E-state index < -0.39 is 0 Å². The van der Waals surface area contributed by atoms with E-state index in [0.29, 0.717) is 0 Å². The van der Waals surface area contributed by atoms with Gasteiger partial charge >= 0.3 is 0 Å². The topological polar surface area (TPSA) is 0 Å². The quantitative estimate of drug-likeness (QED) is 0.460. The normalized spacial score (nSPS) is 9.11. The Kier molecular flexibility index (Phi) is 5.10. The van der Waals surface area contributed by atoms with Crippen molar-refractivity contribution >= 4 is 28.2 Å². The smallest absolute Gasteiger partial charge is 0.0731 e. The Morgan fingerprint density at radius 2 is 2.11 bits per heavy atom. The van der Waals surface area contributed by atoms with Crippen LogP contribution in [0.3, 0.4) is 0 Å². The zero-order valence-electron chi connectivity index (χ0n) is 5.94. The van der Waals surface area contributed by atoms with Crippen LogP contribution in [-0.2, 0) is 0 Å². The summed E-state index contributed by atoms with van der Waals surface area (Å²) in [6, 6.07) is 0. The van der Waals surface area contributed by atoms with Gasteiger partial charge in [-0.1, -0.05) is 32.6 Å². The molecule has 0 fully saturated rings. The second kappa shape index (κ2) is 5.00. The average molecular weight is 160 g/mol. The van der Waals surface area contributed by atoms with Gasteiger partial charge in [0.25, 0.3) is 0 Å². The summed E-state index contributed by atoms with van der Waals surface area (Å²) in [5.74, 6) is 1.05. The van der Waals surface area contributed by atoms with Crippen molar-refractivity contribution in [3.63, 3.8) is 0 Å². The summed E-state index contributed by atoms with van der Waals surface area (Å²) in [5, 5.41) is 0. The largest absolute Gasteiger partial charge is 0.115 e. The summed E-state index contributed by atoms with van der Waals surface area (Å²) in [4.78, 5) is 0. The van der Waals surface area contributed by atoms with E-state index in [1.54, 1.807) is 11.8 Å². The van der Waals surface area contributed by atoms with Crippen molar-refractivity contribution < 1.29 is 0 Å². The van der Waals surface area contributed by atoms with Gasteiger partial charge in [0.2, 0.25) is 0 Å². The first-order valence-corrected chi connectivity index (χ1v) is 4.46. The minimum atomic E-state index is 0.972. The molecule has 0 amide bonds. The molecule has 0 nitrogen and oxygen atoms in total. The number of hydrogen-bond donors (Lipinski definition) is 0. The first kappa shape index (κ1) is 9.18. The van der Waals surface area contributed by atoms with Crippen molar-refractivity contribution in [2.45, 2.75) is 20.3 Å². The molecule has 0 aliphatic carbocycles. The van der Waals surface area contributed by atoms with Gasteiger partial charge in [0.05, 0.1) is 4.20 Å². The number of rotatable bonds is 3. The fourth-order valence-corrected chi connectivity index (χ4v) is 1.49. The Morgan fingerprint density at radius 1 is 1.56 bits per heavy atom. The highest BCUT2D eigenvalue weighted by Gasteiger charge is 1.97. The van der Waals surface area contributed by atoms with Gasteiger partial charge in [-0.25, -0.2) is 0 Å². The second-order valence-corrected chi connectivity index (χ2v) is 3.62. The molecule has 0 unspecified atom stereocenters. The van der Waals surface area contributed by atoms with Crippen molar-refractivity contribution in [3.8, 4) is 0 Å². The summed E-state index contributed by atoms with van der Waals surface area (Å²) in [5.41, 5.74) is 1.09. The molecule has 0 saturated heterocycles. The van der Waals surface area contributed by atoms with E-state index in [1.807, 2.05) is 0 Å². The van der Waals surface area contributed by atoms with Gasteiger partial charge in [0, 0.05) is 0 Å². The molecular formula is C7H12S2. The van der Waals surface area contributed by atoms with Crippen molar-refractivity contribution in [2.24, 2.45) is 0 Å². The third-order valence-corrected chi connectivity index (χ3v) is 2.47. The SMILES string of the molecule is C=C(CC)C(=S)SCC. The molecular weight excluding hydrogens is 148 g/mol. The van der Waals surface area contributed by atoms with Gasteiger partial charge < -0.3 is 0 Å². The molecule has 0 atom stereocenters. The van der Waals surface area contributed by atoms with Crippen LogP contribution in [0.5, 0.6) is 0 Å². The van der Waals surface area contributed by atoms with E-state index in [9.17, 15) is 0 Å². The Balaban J connectivity index is 3.60. The summed E-state index contributed by atoms with van der Waals surface area (Å²) in [7, 11) is 0. The highest BCUT2D eigenvalue weighted by atomic mass is 32.2. The van der Waals surface area contributed by atoms with E-state index in [2.05, 4.69) is 20.4 Å². The predicted molar refractivity (Wildman–Crippen MR) is 50.2 cm³/mol. The van der Waals surface area contributed by atoms with Crippen molar-refractivity contribution in [2.75, 3.05) is 5.75 Å². The van der Waals surface area contributed by atoms with Crippen LogP contribution in [0.4, 0.5) is 0 Å². The Hall–Kier alpha value is 0.180. The van der Waals surface area contributed by atoms with Crippen LogP contribution in [0.2, 0.25) is 0 Å². The number of thioether (sulfide) groups is 1. The van der Waals surface area contributed by atoms with Gasteiger partial charge in [-0.2, -0.15) is 0 Å². The highest BCUT2D eigenvalue weighted by molar-refractivity contribution is 8.23. The molecule has 0 radical (unpaired) electrons. The zero-order valence-corrected chi connectivity index (χ0v) is 7.57. The minimum Gasteiger partial charge on any atom is -0.115 e. The average Bonchev–Trinajstić information content (AvgIpc) is 1.87. The fourth-order valence-electron chi connectivity index (χ4n) is 0.377. The molecule has 2 heteroatoms. The first-order valence-electron chi connectivity index (χ1n) is 3.07. The molecule has 0 aromatic rings. The molecule has 0 aliphatic heterocycles. The van der Waals surface area contributed by atoms with Gasteiger partial charge in [-0.3, -0.25) is 0 Å². The minimum absolute atomic E-state index is 0.972. The van der Waals surface area contributed by atoms with Crippen LogP contribution in [0.15, 0.2) is 12.2 Å². The first-order chi connectivity index (χ1) is 4.22. The lowest BCUT2D eigenvalue weighted by Crippen LogP contribution is -1.90. The molecule has 0 bridgehead atoms. The number of thiocarbonyl (C=S) groups is 1. The fraction of sp³-hybridized carbons (Fsp3) is 0.571. The zero-order chi connectivity index (χ0) is 7.28. The van der Waals surface area contributed by atoms with Crippen molar-refractivity contribution in [3.05, 3.63) is 12.2 Å². The van der Waals surface area contributed by atoms with E-state index >= 15 is 0 Å². The Bertz CT molecular complexity index is 116. The van der Waals surface area contributed by atoms with Gasteiger partial charge in [-0.05, 0) is 17.7 Å². The van der Waals surface area contributed by atoms with Gasteiger partial charge in [0.1, 0.15) is 0 Å². The van der Waals surface area contributed by atoms with E-state index in [-0.39, 0.29) is 0 Å². The maximum Gasteiger partial charge on any atom is 0.0731 e. The lowest BCUT2D eigenvalue weighted by molar-refractivity contribution is 1.19. The van der Waals surface area contributed by atoms with Crippen molar-refractivity contribution in [1.29, 1.82) is 0 Å². The monoisotopic (exact) mass is 160 g/mol. The maximum atomic E-state index is 5.04. The van der Waals surface area contributed by atoms with Crippen LogP contribution in [0, 0.1) is 0 Å². The molecule has 0 aliphatic rings. The van der Waals surface area contributed by atoms with Crippen LogP contribution >= 0.6 is 24.0 Å². The second-order valence-electron chi connectivity index (χ2n) is 1.68. The summed E-state index contributed by atoms with van der Waals surface area (Å²) in [6.07, 6.45) is 0.978.